The molecule has 0 atom stereocenters. The summed E-state index contributed by atoms with van der Waals surface area (Å²) < 4.78 is 5.10. The van der Waals surface area contributed by atoms with Gasteiger partial charge in [0.1, 0.15) is 0 Å². The maximum absolute atomic E-state index is 12.5. The summed E-state index contributed by atoms with van der Waals surface area (Å²) in [6.07, 6.45) is 0. The van der Waals surface area contributed by atoms with Crippen LogP contribution in [0.1, 0.15) is 10.4 Å². The van der Waals surface area contributed by atoms with Crippen molar-refractivity contribution in [3.63, 3.8) is 0 Å². The van der Waals surface area contributed by atoms with Crippen molar-refractivity contribution in [2.24, 2.45) is 0 Å². The molecule has 148 valence electrons. The first-order chi connectivity index (χ1) is 13.9. The molecule has 0 aliphatic carbocycles. The zero-order valence-electron chi connectivity index (χ0n) is 15.9. The highest BCUT2D eigenvalue weighted by atomic mass is 16.6. The van der Waals surface area contributed by atoms with E-state index in [1.54, 1.807) is 25.1 Å². The molecule has 0 aromatic heterocycles. The molecule has 0 saturated heterocycles. The maximum atomic E-state index is 12.5. The zero-order chi connectivity index (χ0) is 21.0. The molecule has 0 spiro atoms. The topological polar surface area (TPSA) is 102 Å². The van der Waals surface area contributed by atoms with Crippen LogP contribution in [0.4, 0.5) is 17.1 Å². The van der Waals surface area contributed by atoms with Crippen LogP contribution in [0, 0.1) is 10.1 Å². The number of nitro benzene ring substituents is 1. The molecule has 1 amide bonds. The van der Waals surface area contributed by atoms with Gasteiger partial charge >= 0.3 is 5.97 Å². The normalized spacial score (nSPS) is 10.4. The van der Waals surface area contributed by atoms with Crippen LogP contribution in [0.15, 0.2) is 60.7 Å². The molecule has 3 aromatic carbocycles. The number of amides is 1. The molecule has 0 saturated carbocycles. The highest BCUT2D eigenvalue weighted by molar-refractivity contribution is 6.03. The Morgan fingerprint density at radius 1 is 1.07 bits per heavy atom. The van der Waals surface area contributed by atoms with Crippen molar-refractivity contribution < 1.29 is 19.2 Å². The molecular weight excluding hydrogens is 374 g/mol. The van der Waals surface area contributed by atoms with Crippen LogP contribution in [-0.4, -0.2) is 37.5 Å². The Balaban J connectivity index is 1.72. The van der Waals surface area contributed by atoms with Gasteiger partial charge in [0.25, 0.3) is 11.6 Å². The predicted molar refractivity (Wildman–Crippen MR) is 110 cm³/mol. The second kappa shape index (κ2) is 8.39. The molecule has 3 aromatic rings. The third-order valence-electron chi connectivity index (χ3n) is 4.29. The number of carbonyl (C=O) groups excluding carboxylic acids is 2. The Morgan fingerprint density at radius 3 is 2.52 bits per heavy atom. The smallest absolute Gasteiger partial charge is 0.341 e. The van der Waals surface area contributed by atoms with Gasteiger partial charge in [-0.25, -0.2) is 4.79 Å². The number of anilines is 2. The Hall–Kier alpha value is -3.94. The lowest BCUT2D eigenvalue weighted by atomic mass is 10.1. The first-order valence-corrected chi connectivity index (χ1v) is 8.77. The molecule has 0 fully saturated rings. The van der Waals surface area contributed by atoms with Crippen LogP contribution in [0.25, 0.3) is 10.8 Å². The first kappa shape index (κ1) is 19.8. The van der Waals surface area contributed by atoms with Crippen LogP contribution in [-0.2, 0) is 9.53 Å². The van der Waals surface area contributed by atoms with Gasteiger partial charge in [-0.3, -0.25) is 14.9 Å². The summed E-state index contributed by atoms with van der Waals surface area (Å²) in [7, 11) is 3.40. The number of hydrogen-bond donors (Lipinski definition) is 1. The number of nitrogens with zero attached hydrogens (tertiary/aromatic N) is 2. The van der Waals surface area contributed by atoms with E-state index in [1.807, 2.05) is 36.4 Å². The van der Waals surface area contributed by atoms with E-state index in [9.17, 15) is 19.7 Å². The van der Waals surface area contributed by atoms with Crippen molar-refractivity contribution >= 4 is 39.7 Å². The monoisotopic (exact) mass is 393 g/mol. The van der Waals surface area contributed by atoms with E-state index in [0.29, 0.717) is 11.4 Å². The molecule has 1 N–H and O–H groups in total. The van der Waals surface area contributed by atoms with Gasteiger partial charge < -0.3 is 15.0 Å². The van der Waals surface area contributed by atoms with Crippen LogP contribution in [0.2, 0.25) is 0 Å². The fraction of sp³-hybridized carbons (Fsp3) is 0.143. The molecule has 8 heteroatoms. The van der Waals surface area contributed by atoms with Gasteiger partial charge in [0, 0.05) is 37.3 Å². The van der Waals surface area contributed by atoms with Crippen molar-refractivity contribution in [1.29, 1.82) is 0 Å². The summed E-state index contributed by atoms with van der Waals surface area (Å²) in [5, 5.41) is 15.6. The van der Waals surface area contributed by atoms with Gasteiger partial charge in [-0.05, 0) is 17.5 Å². The van der Waals surface area contributed by atoms with Gasteiger partial charge in [0.15, 0.2) is 6.61 Å². The number of nitro groups is 1. The van der Waals surface area contributed by atoms with E-state index >= 15 is 0 Å². The fourth-order valence-electron chi connectivity index (χ4n) is 2.92. The summed E-state index contributed by atoms with van der Waals surface area (Å²) >= 11 is 0. The summed E-state index contributed by atoms with van der Waals surface area (Å²) in [6.45, 7) is -0.516. The molecule has 0 heterocycles. The lowest BCUT2D eigenvalue weighted by Gasteiger charge is -2.16. The van der Waals surface area contributed by atoms with E-state index in [0.717, 1.165) is 16.8 Å². The molecule has 0 bridgehead atoms. The van der Waals surface area contributed by atoms with E-state index in [4.69, 9.17) is 4.74 Å². The van der Waals surface area contributed by atoms with E-state index in [1.165, 1.54) is 12.1 Å². The first-order valence-electron chi connectivity index (χ1n) is 8.77. The fourth-order valence-corrected chi connectivity index (χ4v) is 2.92. The summed E-state index contributed by atoms with van der Waals surface area (Å²) in [6, 6.07) is 17.0. The standard InChI is InChI=1S/C21H19N3O5/c1-23(2)19-11-10-15(24(27)28)12-17(19)21(26)29-13-20(25)22-18-9-5-7-14-6-3-4-8-16(14)18/h3-12H,13H2,1-2H3,(H,22,25). The average molecular weight is 393 g/mol. The van der Waals surface area contributed by atoms with Crippen LogP contribution in [0.5, 0.6) is 0 Å². The molecule has 0 unspecified atom stereocenters. The van der Waals surface area contributed by atoms with Crippen LogP contribution in [0.3, 0.4) is 0 Å². The highest BCUT2D eigenvalue weighted by Crippen LogP contribution is 2.25. The van der Waals surface area contributed by atoms with Crippen molar-refractivity contribution in [3.8, 4) is 0 Å². The maximum Gasteiger partial charge on any atom is 0.341 e. The Labute approximate surface area is 166 Å². The number of ether oxygens (including phenoxy) is 1. The van der Waals surface area contributed by atoms with E-state index < -0.39 is 23.4 Å². The van der Waals surface area contributed by atoms with Gasteiger partial charge in [-0.2, -0.15) is 0 Å². The summed E-state index contributed by atoms with van der Waals surface area (Å²) in [5.41, 5.74) is 0.841. The SMILES string of the molecule is CN(C)c1ccc([N+](=O)[O-])cc1C(=O)OCC(=O)Nc1cccc2ccccc12. The van der Waals surface area contributed by atoms with Crippen molar-refractivity contribution in [2.45, 2.75) is 0 Å². The van der Waals surface area contributed by atoms with Gasteiger partial charge in [-0.1, -0.05) is 36.4 Å². The molecule has 8 nitrogen and oxygen atoms in total. The second-order valence-corrected chi connectivity index (χ2v) is 6.50. The molecule has 0 aliphatic heterocycles. The number of non-ortho nitro benzene ring substituents is 1. The van der Waals surface area contributed by atoms with Crippen LogP contribution < -0.4 is 10.2 Å². The third kappa shape index (κ3) is 4.49. The lowest BCUT2D eigenvalue weighted by molar-refractivity contribution is -0.384. The number of esters is 1. The molecular formula is C21H19N3O5. The molecule has 3 rings (SSSR count). The predicted octanol–water partition coefficient (Wildman–Crippen LogP) is 3.61. The van der Waals surface area contributed by atoms with Gasteiger partial charge in [0.05, 0.1) is 16.2 Å². The number of fused-ring (bicyclic) bond motifs is 1. The highest BCUT2D eigenvalue weighted by Gasteiger charge is 2.20. The van der Waals surface area contributed by atoms with Crippen molar-refractivity contribution in [1.82, 2.24) is 0 Å². The minimum Gasteiger partial charge on any atom is -0.452 e. The van der Waals surface area contributed by atoms with Gasteiger partial charge in [-0.15, -0.1) is 0 Å². The molecule has 29 heavy (non-hydrogen) atoms. The molecule has 0 aliphatic rings. The Kier molecular flexibility index (Phi) is 5.73. The zero-order valence-corrected chi connectivity index (χ0v) is 15.9. The lowest BCUT2D eigenvalue weighted by Crippen LogP contribution is -2.22. The van der Waals surface area contributed by atoms with E-state index in [-0.39, 0.29) is 11.3 Å². The number of carbonyl (C=O) groups is 2. The van der Waals surface area contributed by atoms with Crippen molar-refractivity contribution in [3.05, 3.63) is 76.3 Å². The third-order valence-corrected chi connectivity index (χ3v) is 4.29. The number of rotatable bonds is 6. The van der Waals surface area contributed by atoms with E-state index in [2.05, 4.69) is 5.32 Å². The van der Waals surface area contributed by atoms with Crippen LogP contribution >= 0.6 is 0 Å². The largest absolute Gasteiger partial charge is 0.452 e. The quantitative estimate of drug-likeness (QED) is 0.390. The van der Waals surface area contributed by atoms with Gasteiger partial charge in [0.2, 0.25) is 0 Å². The second-order valence-electron chi connectivity index (χ2n) is 6.50. The Bertz CT molecular complexity index is 1090. The minimum absolute atomic E-state index is 0.0159. The number of benzene rings is 3. The number of nitrogens with one attached hydrogen (secondary N) is 1. The number of hydrogen-bond acceptors (Lipinski definition) is 6. The summed E-state index contributed by atoms with van der Waals surface area (Å²) in [5.74, 6) is -1.32. The Morgan fingerprint density at radius 2 is 1.79 bits per heavy atom. The average Bonchev–Trinajstić information content (AvgIpc) is 2.71. The van der Waals surface area contributed by atoms with Crippen molar-refractivity contribution in [2.75, 3.05) is 30.9 Å². The summed E-state index contributed by atoms with van der Waals surface area (Å²) in [4.78, 5) is 36.8. The molecule has 0 radical (unpaired) electrons. The minimum atomic E-state index is -0.814.